The molecular formula is C12H14BrN3. The molecule has 1 heterocycles. The molecule has 84 valence electrons. The molecule has 0 spiro atoms. The van der Waals surface area contributed by atoms with Crippen molar-refractivity contribution in [3.05, 3.63) is 52.5 Å². The molecule has 1 aromatic heterocycles. The number of imidazole rings is 1. The molecule has 2 rings (SSSR count). The van der Waals surface area contributed by atoms with Gasteiger partial charge in [0.15, 0.2) is 0 Å². The van der Waals surface area contributed by atoms with E-state index in [1.807, 2.05) is 49.3 Å². The van der Waals surface area contributed by atoms with Gasteiger partial charge in [0, 0.05) is 23.9 Å². The molecule has 1 N–H and O–H groups in total. The van der Waals surface area contributed by atoms with Crippen molar-refractivity contribution in [2.75, 3.05) is 7.05 Å². The number of hydrogen-bond acceptors (Lipinski definition) is 2. The number of hydrogen-bond donors (Lipinski definition) is 1. The van der Waals surface area contributed by atoms with Crippen molar-refractivity contribution in [3.63, 3.8) is 0 Å². The maximum atomic E-state index is 4.38. The summed E-state index contributed by atoms with van der Waals surface area (Å²) in [4.78, 5) is 4.38. The first-order valence-corrected chi connectivity index (χ1v) is 5.92. The van der Waals surface area contributed by atoms with Gasteiger partial charge in [-0.1, -0.05) is 34.1 Å². The van der Waals surface area contributed by atoms with E-state index in [1.165, 1.54) is 5.56 Å². The van der Waals surface area contributed by atoms with Gasteiger partial charge in [0.25, 0.3) is 0 Å². The molecule has 2 aromatic rings. The molecule has 0 radical (unpaired) electrons. The number of nitrogens with zero attached hydrogens (tertiary/aromatic N) is 2. The lowest BCUT2D eigenvalue weighted by atomic mass is 10.1. The van der Waals surface area contributed by atoms with E-state index in [4.69, 9.17) is 0 Å². The van der Waals surface area contributed by atoms with E-state index in [1.54, 1.807) is 0 Å². The predicted molar refractivity (Wildman–Crippen MR) is 68.3 cm³/mol. The molecular weight excluding hydrogens is 266 g/mol. The summed E-state index contributed by atoms with van der Waals surface area (Å²) in [6.07, 6.45) is 3.77. The third-order valence-corrected chi connectivity index (χ3v) is 3.34. The van der Waals surface area contributed by atoms with Gasteiger partial charge in [0.05, 0.1) is 6.04 Å². The van der Waals surface area contributed by atoms with Crippen LogP contribution < -0.4 is 5.32 Å². The van der Waals surface area contributed by atoms with Gasteiger partial charge in [-0.15, -0.1) is 0 Å². The number of aromatic nitrogens is 2. The van der Waals surface area contributed by atoms with Crippen molar-refractivity contribution in [1.82, 2.24) is 14.9 Å². The van der Waals surface area contributed by atoms with Crippen LogP contribution in [0.5, 0.6) is 0 Å². The zero-order valence-electron chi connectivity index (χ0n) is 9.31. The summed E-state index contributed by atoms with van der Waals surface area (Å²) in [6.45, 7) is 0. The predicted octanol–water partition coefficient (Wildman–Crippen LogP) is 2.49. The minimum absolute atomic E-state index is 0.107. The average molecular weight is 280 g/mol. The zero-order chi connectivity index (χ0) is 11.5. The number of halogens is 1. The Bertz CT molecular complexity index is 479. The maximum absolute atomic E-state index is 4.38. The first-order chi connectivity index (χ1) is 7.74. The van der Waals surface area contributed by atoms with Gasteiger partial charge in [-0.25, -0.2) is 4.98 Å². The second-order valence-electron chi connectivity index (χ2n) is 3.64. The van der Waals surface area contributed by atoms with Gasteiger partial charge < -0.3 is 9.88 Å². The van der Waals surface area contributed by atoms with Gasteiger partial charge in [-0.3, -0.25) is 0 Å². The van der Waals surface area contributed by atoms with Crippen LogP contribution in [0.1, 0.15) is 17.4 Å². The molecule has 0 aliphatic heterocycles. The minimum Gasteiger partial charge on any atom is -0.336 e. The Kier molecular flexibility index (Phi) is 3.41. The highest BCUT2D eigenvalue weighted by molar-refractivity contribution is 9.10. The molecule has 1 atom stereocenters. The lowest BCUT2D eigenvalue weighted by Gasteiger charge is -2.17. The molecule has 0 bridgehead atoms. The Balaban J connectivity index is 2.45. The Morgan fingerprint density at radius 2 is 2.12 bits per heavy atom. The van der Waals surface area contributed by atoms with Crippen molar-refractivity contribution in [3.8, 4) is 0 Å². The average Bonchev–Trinajstić information content (AvgIpc) is 2.69. The highest BCUT2D eigenvalue weighted by atomic mass is 79.9. The Morgan fingerprint density at radius 3 is 2.69 bits per heavy atom. The number of rotatable bonds is 3. The molecule has 1 unspecified atom stereocenters. The van der Waals surface area contributed by atoms with E-state index in [0.717, 1.165) is 10.3 Å². The first-order valence-electron chi connectivity index (χ1n) is 5.13. The second kappa shape index (κ2) is 4.80. The summed E-state index contributed by atoms with van der Waals surface area (Å²) in [6, 6.07) is 8.30. The standard InChI is InChI=1S/C12H14BrN3/c1-14-11(12-15-7-8-16(12)2)9-5-3-4-6-10(9)13/h3-8,11,14H,1-2H3. The first kappa shape index (κ1) is 11.4. The summed E-state index contributed by atoms with van der Waals surface area (Å²) >= 11 is 3.57. The third-order valence-electron chi connectivity index (χ3n) is 2.62. The quantitative estimate of drug-likeness (QED) is 0.936. The van der Waals surface area contributed by atoms with E-state index in [9.17, 15) is 0 Å². The summed E-state index contributed by atoms with van der Waals surface area (Å²) in [5, 5.41) is 3.29. The molecule has 0 aliphatic carbocycles. The highest BCUT2D eigenvalue weighted by Crippen LogP contribution is 2.26. The minimum atomic E-state index is 0.107. The number of benzene rings is 1. The van der Waals surface area contributed by atoms with Crippen molar-refractivity contribution in [2.45, 2.75) is 6.04 Å². The van der Waals surface area contributed by atoms with Gasteiger partial charge >= 0.3 is 0 Å². The smallest absolute Gasteiger partial charge is 0.130 e. The van der Waals surface area contributed by atoms with E-state index in [-0.39, 0.29) is 6.04 Å². The molecule has 0 aliphatic rings. The Morgan fingerprint density at radius 1 is 1.38 bits per heavy atom. The fourth-order valence-corrected chi connectivity index (χ4v) is 2.30. The summed E-state index contributed by atoms with van der Waals surface area (Å²) in [5.41, 5.74) is 1.19. The van der Waals surface area contributed by atoms with Crippen molar-refractivity contribution in [1.29, 1.82) is 0 Å². The fourth-order valence-electron chi connectivity index (χ4n) is 1.79. The van der Waals surface area contributed by atoms with Crippen LogP contribution in [0.3, 0.4) is 0 Å². The molecule has 16 heavy (non-hydrogen) atoms. The van der Waals surface area contributed by atoms with Gasteiger partial charge in [0.1, 0.15) is 5.82 Å². The molecule has 4 heteroatoms. The van der Waals surface area contributed by atoms with Crippen molar-refractivity contribution >= 4 is 15.9 Å². The summed E-state index contributed by atoms with van der Waals surface area (Å²) in [7, 11) is 3.95. The van der Waals surface area contributed by atoms with Crippen molar-refractivity contribution in [2.24, 2.45) is 7.05 Å². The zero-order valence-corrected chi connectivity index (χ0v) is 10.9. The SMILES string of the molecule is CNC(c1ccccc1Br)c1nccn1C. The summed E-state index contributed by atoms with van der Waals surface area (Å²) < 4.78 is 3.12. The van der Waals surface area contributed by atoms with Crippen molar-refractivity contribution < 1.29 is 0 Å². The molecule has 0 saturated heterocycles. The van der Waals surface area contributed by atoms with E-state index in [0.29, 0.717) is 0 Å². The largest absolute Gasteiger partial charge is 0.336 e. The van der Waals surface area contributed by atoms with Crippen LogP contribution in [0.4, 0.5) is 0 Å². The van der Waals surface area contributed by atoms with Gasteiger partial charge in [0.2, 0.25) is 0 Å². The van der Waals surface area contributed by atoms with Crippen LogP contribution in [0.2, 0.25) is 0 Å². The van der Waals surface area contributed by atoms with Gasteiger partial charge in [-0.2, -0.15) is 0 Å². The Hall–Kier alpha value is -1.13. The molecule has 0 saturated carbocycles. The lowest BCUT2D eigenvalue weighted by Crippen LogP contribution is -2.21. The molecule has 0 fully saturated rings. The van der Waals surface area contributed by atoms with E-state index >= 15 is 0 Å². The topological polar surface area (TPSA) is 29.9 Å². The van der Waals surface area contributed by atoms with Crippen LogP contribution in [0, 0.1) is 0 Å². The van der Waals surface area contributed by atoms with Crippen LogP contribution >= 0.6 is 15.9 Å². The molecule has 0 amide bonds. The fraction of sp³-hybridized carbons (Fsp3) is 0.250. The van der Waals surface area contributed by atoms with Crippen LogP contribution in [-0.2, 0) is 7.05 Å². The normalized spacial score (nSPS) is 12.7. The van der Waals surface area contributed by atoms with Crippen LogP contribution in [0.25, 0.3) is 0 Å². The molecule has 3 nitrogen and oxygen atoms in total. The van der Waals surface area contributed by atoms with E-state index in [2.05, 4.69) is 32.3 Å². The lowest BCUT2D eigenvalue weighted by molar-refractivity contribution is 0.615. The summed E-state index contributed by atoms with van der Waals surface area (Å²) in [5.74, 6) is 1.01. The molecule has 1 aromatic carbocycles. The van der Waals surface area contributed by atoms with Crippen LogP contribution in [0.15, 0.2) is 41.1 Å². The number of nitrogens with one attached hydrogen (secondary N) is 1. The number of aryl methyl sites for hydroxylation is 1. The third kappa shape index (κ3) is 2.03. The maximum Gasteiger partial charge on any atom is 0.130 e. The second-order valence-corrected chi connectivity index (χ2v) is 4.49. The Labute approximate surface area is 104 Å². The van der Waals surface area contributed by atoms with Crippen LogP contribution in [-0.4, -0.2) is 16.6 Å². The monoisotopic (exact) mass is 279 g/mol. The van der Waals surface area contributed by atoms with Gasteiger partial charge in [-0.05, 0) is 18.7 Å². The van der Waals surface area contributed by atoms with E-state index < -0.39 is 0 Å². The highest BCUT2D eigenvalue weighted by Gasteiger charge is 2.17.